The van der Waals surface area contributed by atoms with Crippen LogP contribution in [0.15, 0.2) is 12.3 Å². The Morgan fingerprint density at radius 3 is 2.24 bits per heavy atom. The van der Waals surface area contributed by atoms with Crippen molar-refractivity contribution in [3.8, 4) is 0 Å². The van der Waals surface area contributed by atoms with Crippen LogP contribution in [-0.2, 0) is 16.2 Å². The van der Waals surface area contributed by atoms with Gasteiger partial charge >= 0.3 is 6.18 Å². The molecule has 1 saturated heterocycles. The zero-order valence-electron chi connectivity index (χ0n) is 11.1. The first-order valence-electron chi connectivity index (χ1n) is 6.02. The summed E-state index contributed by atoms with van der Waals surface area (Å²) in [5, 5.41) is 0. The summed E-state index contributed by atoms with van der Waals surface area (Å²) in [7, 11) is -3.35. The SMILES string of the molecule is CS(=O)(=O)N1CCN(c2cc(C(F)(F)F)ncc2F)CC1. The van der Waals surface area contributed by atoms with Gasteiger partial charge in [-0.05, 0) is 6.07 Å². The van der Waals surface area contributed by atoms with Gasteiger partial charge in [-0.15, -0.1) is 0 Å². The Labute approximate surface area is 119 Å². The van der Waals surface area contributed by atoms with Gasteiger partial charge in [0.1, 0.15) is 5.69 Å². The first-order chi connectivity index (χ1) is 9.59. The fraction of sp³-hybridized carbons (Fsp3) is 0.545. The monoisotopic (exact) mass is 327 g/mol. The molecule has 2 heterocycles. The van der Waals surface area contributed by atoms with Crippen molar-refractivity contribution < 1.29 is 26.0 Å². The van der Waals surface area contributed by atoms with Crippen molar-refractivity contribution in [3.63, 3.8) is 0 Å². The summed E-state index contributed by atoms with van der Waals surface area (Å²) < 4.78 is 75.4. The largest absolute Gasteiger partial charge is 0.433 e. The molecule has 0 amide bonds. The van der Waals surface area contributed by atoms with Gasteiger partial charge in [0, 0.05) is 26.2 Å². The van der Waals surface area contributed by atoms with Crippen LogP contribution in [0.3, 0.4) is 0 Å². The van der Waals surface area contributed by atoms with E-state index in [2.05, 4.69) is 4.98 Å². The molecule has 2 rings (SSSR count). The summed E-state index contributed by atoms with van der Waals surface area (Å²) in [6, 6.07) is 0.644. The van der Waals surface area contributed by atoms with Crippen molar-refractivity contribution in [2.45, 2.75) is 6.18 Å². The predicted molar refractivity (Wildman–Crippen MR) is 67.8 cm³/mol. The minimum Gasteiger partial charge on any atom is -0.366 e. The van der Waals surface area contributed by atoms with E-state index in [0.29, 0.717) is 12.3 Å². The molecule has 0 radical (unpaired) electrons. The third kappa shape index (κ3) is 3.62. The van der Waals surface area contributed by atoms with E-state index in [1.54, 1.807) is 0 Å². The fourth-order valence-corrected chi connectivity index (χ4v) is 2.91. The molecule has 0 aliphatic carbocycles. The lowest BCUT2D eigenvalue weighted by molar-refractivity contribution is -0.141. The molecule has 1 aromatic heterocycles. The highest BCUT2D eigenvalue weighted by molar-refractivity contribution is 7.88. The highest BCUT2D eigenvalue weighted by Gasteiger charge is 2.34. The number of hydrogen-bond acceptors (Lipinski definition) is 4. The summed E-state index contributed by atoms with van der Waals surface area (Å²) in [5.41, 5.74) is -1.39. The van der Waals surface area contributed by atoms with Crippen LogP contribution in [0.4, 0.5) is 23.2 Å². The zero-order chi connectivity index (χ0) is 15.8. The third-order valence-electron chi connectivity index (χ3n) is 3.17. The van der Waals surface area contributed by atoms with E-state index in [9.17, 15) is 26.0 Å². The van der Waals surface area contributed by atoms with Crippen LogP contribution in [-0.4, -0.2) is 50.1 Å². The Morgan fingerprint density at radius 2 is 1.76 bits per heavy atom. The summed E-state index contributed by atoms with van der Waals surface area (Å²) in [5.74, 6) is -0.865. The highest BCUT2D eigenvalue weighted by atomic mass is 32.2. The molecule has 0 spiro atoms. The fourth-order valence-electron chi connectivity index (χ4n) is 2.09. The van der Waals surface area contributed by atoms with Gasteiger partial charge in [0.15, 0.2) is 5.82 Å². The lowest BCUT2D eigenvalue weighted by Gasteiger charge is -2.34. The van der Waals surface area contributed by atoms with E-state index >= 15 is 0 Å². The minimum absolute atomic E-state index is 0.0992. The van der Waals surface area contributed by atoms with Crippen LogP contribution in [0, 0.1) is 5.82 Å². The summed E-state index contributed by atoms with van der Waals surface area (Å²) in [6.07, 6.45) is -3.07. The molecular weight excluding hydrogens is 314 g/mol. The van der Waals surface area contributed by atoms with E-state index in [4.69, 9.17) is 0 Å². The van der Waals surface area contributed by atoms with Crippen molar-refractivity contribution in [3.05, 3.63) is 23.8 Å². The molecule has 0 unspecified atom stereocenters. The number of aromatic nitrogens is 1. The molecule has 1 aliphatic rings. The lowest BCUT2D eigenvalue weighted by atomic mass is 10.2. The Kier molecular flexibility index (Phi) is 4.11. The number of piperazine rings is 1. The lowest BCUT2D eigenvalue weighted by Crippen LogP contribution is -2.48. The molecule has 0 N–H and O–H groups in total. The molecule has 1 fully saturated rings. The maximum Gasteiger partial charge on any atom is 0.433 e. The smallest absolute Gasteiger partial charge is 0.366 e. The minimum atomic E-state index is -4.66. The van der Waals surface area contributed by atoms with Gasteiger partial charge < -0.3 is 4.90 Å². The molecule has 21 heavy (non-hydrogen) atoms. The average Bonchev–Trinajstić information content (AvgIpc) is 2.37. The number of sulfonamides is 1. The Balaban J connectivity index is 2.21. The van der Waals surface area contributed by atoms with Crippen LogP contribution in [0.2, 0.25) is 0 Å². The molecule has 118 valence electrons. The summed E-state index contributed by atoms with van der Waals surface area (Å²) in [6.45, 7) is 0.431. The number of halogens is 4. The molecule has 1 aromatic rings. The first-order valence-corrected chi connectivity index (χ1v) is 7.86. The standard InChI is InChI=1S/C11H13F4N3O2S/c1-21(19,20)18-4-2-17(3-5-18)9-6-10(11(13,14)15)16-7-8(9)12/h6-7H,2-5H2,1H3. The first kappa shape index (κ1) is 16.0. The second-order valence-electron chi connectivity index (χ2n) is 4.67. The van der Waals surface area contributed by atoms with Crippen LogP contribution in [0.5, 0.6) is 0 Å². The average molecular weight is 327 g/mol. The Hall–Kier alpha value is -1.42. The zero-order valence-corrected chi connectivity index (χ0v) is 11.9. The van der Waals surface area contributed by atoms with Crippen molar-refractivity contribution in [2.75, 3.05) is 37.3 Å². The molecule has 1 aliphatic heterocycles. The van der Waals surface area contributed by atoms with Gasteiger partial charge in [-0.2, -0.15) is 17.5 Å². The van der Waals surface area contributed by atoms with Gasteiger partial charge in [-0.25, -0.2) is 17.8 Å². The van der Waals surface area contributed by atoms with E-state index in [0.717, 1.165) is 6.26 Å². The van der Waals surface area contributed by atoms with Gasteiger partial charge in [0.2, 0.25) is 10.0 Å². The van der Waals surface area contributed by atoms with Gasteiger partial charge in [-0.1, -0.05) is 0 Å². The van der Waals surface area contributed by atoms with Crippen molar-refractivity contribution >= 4 is 15.7 Å². The van der Waals surface area contributed by atoms with Crippen LogP contribution >= 0.6 is 0 Å². The second kappa shape index (κ2) is 5.41. The van der Waals surface area contributed by atoms with E-state index in [1.165, 1.54) is 9.21 Å². The molecule has 10 heteroatoms. The van der Waals surface area contributed by atoms with Crippen LogP contribution < -0.4 is 4.90 Å². The number of hydrogen-bond donors (Lipinski definition) is 0. The maximum absolute atomic E-state index is 13.7. The number of anilines is 1. The van der Waals surface area contributed by atoms with Crippen LogP contribution in [0.1, 0.15) is 5.69 Å². The van der Waals surface area contributed by atoms with E-state index in [1.807, 2.05) is 0 Å². The van der Waals surface area contributed by atoms with Gasteiger partial charge in [0.05, 0.1) is 18.1 Å². The molecule has 0 aromatic carbocycles. The van der Waals surface area contributed by atoms with Crippen LogP contribution in [0.25, 0.3) is 0 Å². The maximum atomic E-state index is 13.7. The van der Waals surface area contributed by atoms with Gasteiger partial charge in [0.25, 0.3) is 0 Å². The third-order valence-corrected chi connectivity index (χ3v) is 4.48. The van der Waals surface area contributed by atoms with E-state index in [-0.39, 0.29) is 31.9 Å². The van der Waals surface area contributed by atoms with Crippen molar-refractivity contribution in [2.24, 2.45) is 0 Å². The number of rotatable bonds is 2. The molecule has 0 atom stereocenters. The topological polar surface area (TPSA) is 53.5 Å². The Morgan fingerprint density at radius 1 is 1.19 bits per heavy atom. The number of nitrogens with zero attached hydrogens (tertiary/aromatic N) is 3. The molecule has 0 saturated carbocycles. The molecule has 5 nitrogen and oxygen atoms in total. The van der Waals surface area contributed by atoms with E-state index < -0.39 is 27.7 Å². The van der Waals surface area contributed by atoms with Crippen molar-refractivity contribution in [1.29, 1.82) is 0 Å². The summed E-state index contributed by atoms with van der Waals surface area (Å²) >= 11 is 0. The normalized spacial score (nSPS) is 18.0. The molecular formula is C11H13F4N3O2S. The Bertz CT molecular complexity index is 625. The summed E-state index contributed by atoms with van der Waals surface area (Å²) in [4.78, 5) is 4.41. The quantitative estimate of drug-likeness (QED) is 0.769. The highest BCUT2D eigenvalue weighted by Crippen LogP contribution is 2.31. The van der Waals surface area contributed by atoms with Gasteiger partial charge in [-0.3, -0.25) is 0 Å². The molecule has 0 bridgehead atoms. The van der Waals surface area contributed by atoms with Crippen molar-refractivity contribution in [1.82, 2.24) is 9.29 Å². The number of pyridine rings is 1. The predicted octanol–water partition coefficient (Wildman–Crippen LogP) is 1.32. The second-order valence-corrected chi connectivity index (χ2v) is 6.65. The number of alkyl halides is 3.